The summed E-state index contributed by atoms with van der Waals surface area (Å²) in [6, 6.07) is 16.5. The van der Waals surface area contributed by atoms with Gasteiger partial charge in [0.05, 0.1) is 17.6 Å². The lowest BCUT2D eigenvalue weighted by molar-refractivity contribution is -0.118. The molecule has 0 spiro atoms. The highest BCUT2D eigenvalue weighted by Gasteiger charge is 2.18. The number of anilines is 1. The van der Waals surface area contributed by atoms with Crippen LogP contribution in [0.25, 0.3) is 11.3 Å². The molecule has 0 unspecified atom stereocenters. The van der Waals surface area contributed by atoms with Crippen molar-refractivity contribution in [1.82, 2.24) is 4.68 Å². The van der Waals surface area contributed by atoms with E-state index in [4.69, 9.17) is 4.74 Å². The molecule has 2 heterocycles. The van der Waals surface area contributed by atoms with Crippen LogP contribution in [0.2, 0.25) is 0 Å². The Labute approximate surface area is 197 Å². The first-order valence-corrected chi connectivity index (χ1v) is 11.2. The molecule has 1 aliphatic heterocycles. The number of carbonyl (C=O) groups is 1. The number of carbonyl (C=O) groups excluding carboxylic acids is 1. The molecule has 4 aromatic rings. The van der Waals surface area contributed by atoms with Crippen LogP contribution in [0.1, 0.15) is 11.1 Å². The Morgan fingerprint density at radius 2 is 1.91 bits per heavy atom. The maximum Gasteiger partial charge on any atom is 0.262 e. The number of ether oxygens (including phenoxy) is 1. The number of nitrogens with zero attached hydrogens (tertiary/aromatic N) is 3. The second-order valence-electron chi connectivity index (χ2n) is 7.63. The van der Waals surface area contributed by atoms with Crippen molar-refractivity contribution in [2.45, 2.75) is 6.92 Å². The summed E-state index contributed by atoms with van der Waals surface area (Å²) in [6.07, 6.45) is 1.68. The van der Waals surface area contributed by atoms with Gasteiger partial charge in [-0.1, -0.05) is 29.8 Å². The van der Waals surface area contributed by atoms with Gasteiger partial charge in [0.2, 0.25) is 4.80 Å². The lowest BCUT2D eigenvalue weighted by atomic mass is 10.1. The zero-order valence-electron chi connectivity index (χ0n) is 18.0. The summed E-state index contributed by atoms with van der Waals surface area (Å²) in [5.74, 6) is -1.10. The molecular formula is C25H18F2N4O2S. The molecule has 0 radical (unpaired) electrons. The fraction of sp³-hybridized carbons (Fsp3) is 0.0800. The normalized spacial score (nSPS) is 13.6. The van der Waals surface area contributed by atoms with Gasteiger partial charge >= 0.3 is 0 Å². The second-order valence-corrected chi connectivity index (χ2v) is 8.46. The number of rotatable bonds is 4. The van der Waals surface area contributed by atoms with Gasteiger partial charge in [-0.25, -0.2) is 18.4 Å². The van der Waals surface area contributed by atoms with Crippen LogP contribution in [0.3, 0.4) is 0 Å². The minimum Gasteiger partial charge on any atom is -0.482 e. The zero-order valence-corrected chi connectivity index (χ0v) is 18.8. The average molecular weight is 477 g/mol. The number of fused-ring (bicyclic) bond motifs is 1. The molecule has 1 aliphatic rings. The number of amides is 1. The van der Waals surface area contributed by atoms with E-state index in [9.17, 15) is 13.6 Å². The summed E-state index contributed by atoms with van der Waals surface area (Å²) in [4.78, 5) is 16.5. The molecule has 0 atom stereocenters. The fourth-order valence-electron chi connectivity index (χ4n) is 3.38. The number of benzene rings is 3. The predicted molar refractivity (Wildman–Crippen MR) is 128 cm³/mol. The molecule has 0 fully saturated rings. The molecule has 0 bridgehead atoms. The number of thiazole rings is 1. The van der Waals surface area contributed by atoms with Crippen molar-refractivity contribution in [3.63, 3.8) is 0 Å². The van der Waals surface area contributed by atoms with Crippen LogP contribution in [0.15, 0.2) is 76.1 Å². The molecule has 1 aromatic heterocycles. The van der Waals surface area contributed by atoms with Gasteiger partial charge in [-0.15, -0.1) is 11.3 Å². The van der Waals surface area contributed by atoms with Gasteiger partial charge in [0, 0.05) is 17.0 Å². The number of hydrogen-bond donors (Lipinski definition) is 1. The highest BCUT2D eigenvalue weighted by molar-refractivity contribution is 7.07. The standard InChI is InChI=1S/C25H18F2N4O2S/c1-15-2-4-16(5-3-15)12-28-31-22(17-6-9-23-21(10-17)29-24(32)13-33-23)14-34-25(31)30-20-8-7-18(26)11-19(20)27/h2-12,14H,13H2,1H3,(H,29,32). The highest BCUT2D eigenvalue weighted by Crippen LogP contribution is 2.33. The molecule has 6 nitrogen and oxygen atoms in total. The third kappa shape index (κ3) is 4.51. The monoisotopic (exact) mass is 476 g/mol. The number of aryl methyl sites for hydroxylation is 1. The number of aromatic nitrogens is 1. The third-order valence-electron chi connectivity index (χ3n) is 5.12. The van der Waals surface area contributed by atoms with Crippen LogP contribution in [0.5, 0.6) is 5.75 Å². The number of hydrogen-bond acceptors (Lipinski definition) is 5. The molecule has 0 aliphatic carbocycles. The van der Waals surface area contributed by atoms with Gasteiger partial charge in [0.1, 0.15) is 17.3 Å². The fourth-order valence-corrected chi connectivity index (χ4v) is 4.23. The van der Waals surface area contributed by atoms with Gasteiger partial charge in [-0.05, 0) is 42.8 Å². The lowest BCUT2D eigenvalue weighted by Gasteiger charge is -2.18. The quantitative estimate of drug-likeness (QED) is 0.409. The van der Waals surface area contributed by atoms with Crippen LogP contribution in [-0.2, 0) is 4.79 Å². The number of nitrogens with one attached hydrogen (secondary N) is 1. The molecular weight excluding hydrogens is 458 g/mol. The number of halogens is 2. The minimum absolute atomic E-state index is 0.000176. The van der Waals surface area contributed by atoms with Crippen LogP contribution < -0.4 is 14.9 Å². The van der Waals surface area contributed by atoms with Crippen molar-refractivity contribution >= 4 is 34.8 Å². The summed E-state index contributed by atoms with van der Waals surface area (Å²) in [7, 11) is 0. The Morgan fingerprint density at radius 1 is 1.09 bits per heavy atom. The van der Waals surface area contributed by atoms with E-state index in [1.54, 1.807) is 23.0 Å². The Kier molecular flexibility index (Phi) is 5.77. The summed E-state index contributed by atoms with van der Waals surface area (Å²) in [5, 5.41) is 9.23. The molecule has 3 aromatic carbocycles. The molecule has 1 N–H and O–H groups in total. The molecule has 9 heteroatoms. The zero-order chi connectivity index (χ0) is 23.7. The SMILES string of the molecule is Cc1ccc(C=Nn2c(-c3ccc4c(c3)NC(=O)CO4)csc2=Nc2ccc(F)cc2F)cc1. The van der Waals surface area contributed by atoms with Gasteiger partial charge in [0.15, 0.2) is 12.4 Å². The van der Waals surface area contributed by atoms with Crippen molar-refractivity contribution in [1.29, 1.82) is 0 Å². The largest absolute Gasteiger partial charge is 0.482 e. The molecule has 170 valence electrons. The van der Waals surface area contributed by atoms with Crippen molar-refractivity contribution in [3.8, 4) is 17.0 Å². The van der Waals surface area contributed by atoms with Crippen molar-refractivity contribution in [2.75, 3.05) is 11.9 Å². The van der Waals surface area contributed by atoms with Crippen LogP contribution in [0, 0.1) is 18.6 Å². The maximum absolute atomic E-state index is 14.3. The Hall–Kier alpha value is -4.11. The van der Waals surface area contributed by atoms with Crippen molar-refractivity contribution < 1.29 is 18.3 Å². The topological polar surface area (TPSA) is 68.0 Å². The summed E-state index contributed by atoms with van der Waals surface area (Å²) >= 11 is 1.26. The molecule has 0 saturated carbocycles. The van der Waals surface area contributed by atoms with Crippen molar-refractivity contribution in [2.24, 2.45) is 10.1 Å². The Balaban J connectivity index is 1.63. The van der Waals surface area contributed by atoms with E-state index in [0.717, 1.165) is 28.8 Å². The Morgan fingerprint density at radius 3 is 2.71 bits per heavy atom. The van der Waals surface area contributed by atoms with E-state index in [2.05, 4.69) is 15.4 Å². The average Bonchev–Trinajstić information content (AvgIpc) is 3.22. The summed E-state index contributed by atoms with van der Waals surface area (Å²) in [5.41, 5.74) is 3.99. The minimum atomic E-state index is -0.766. The first kappa shape index (κ1) is 21.7. The molecule has 1 amide bonds. The van der Waals surface area contributed by atoms with E-state index >= 15 is 0 Å². The lowest BCUT2D eigenvalue weighted by Crippen LogP contribution is -2.25. The summed E-state index contributed by atoms with van der Waals surface area (Å²) < 4.78 is 34.7. The molecule has 34 heavy (non-hydrogen) atoms. The van der Waals surface area contributed by atoms with Gasteiger partial charge < -0.3 is 10.1 Å². The van der Waals surface area contributed by atoms with E-state index in [1.807, 2.05) is 42.6 Å². The van der Waals surface area contributed by atoms with Crippen LogP contribution >= 0.6 is 11.3 Å². The maximum atomic E-state index is 14.3. The first-order valence-electron chi connectivity index (χ1n) is 10.3. The van der Waals surface area contributed by atoms with Crippen LogP contribution in [-0.4, -0.2) is 23.4 Å². The van der Waals surface area contributed by atoms with E-state index < -0.39 is 11.6 Å². The van der Waals surface area contributed by atoms with Gasteiger partial charge in [-0.3, -0.25) is 4.79 Å². The second kappa shape index (κ2) is 9.03. The van der Waals surface area contributed by atoms with Gasteiger partial charge in [-0.2, -0.15) is 5.10 Å². The predicted octanol–water partition coefficient (Wildman–Crippen LogP) is 5.25. The van der Waals surface area contributed by atoms with E-state index in [0.29, 0.717) is 21.9 Å². The van der Waals surface area contributed by atoms with Crippen molar-refractivity contribution in [3.05, 3.63) is 93.6 Å². The Bertz CT molecular complexity index is 1490. The van der Waals surface area contributed by atoms with E-state index in [1.165, 1.54) is 17.4 Å². The smallest absolute Gasteiger partial charge is 0.262 e. The highest BCUT2D eigenvalue weighted by atomic mass is 32.1. The summed E-state index contributed by atoms with van der Waals surface area (Å²) in [6.45, 7) is 1.97. The van der Waals surface area contributed by atoms with E-state index in [-0.39, 0.29) is 18.2 Å². The first-order chi connectivity index (χ1) is 16.5. The third-order valence-corrected chi connectivity index (χ3v) is 5.94. The van der Waals surface area contributed by atoms with Gasteiger partial charge in [0.25, 0.3) is 5.91 Å². The van der Waals surface area contributed by atoms with Crippen LogP contribution in [0.4, 0.5) is 20.2 Å². The molecule has 0 saturated heterocycles. The molecule has 5 rings (SSSR count).